The standard InChI is InChI=1S/C21H16FNO2S/c1-13-18-15(22)9-5-11-17(18)26-20(13)21(24)23-19(16-10-6-12-25-16)14-7-3-2-4-8-14/h2-12,19H,1H3,(H,23,24). The molecule has 0 saturated carbocycles. The molecular weight excluding hydrogens is 349 g/mol. The number of amides is 1. The quantitative estimate of drug-likeness (QED) is 0.522. The molecule has 0 spiro atoms. The summed E-state index contributed by atoms with van der Waals surface area (Å²) < 4.78 is 20.4. The van der Waals surface area contributed by atoms with E-state index in [1.807, 2.05) is 42.5 Å². The van der Waals surface area contributed by atoms with E-state index in [-0.39, 0.29) is 11.7 Å². The Hall–Kier alpha value is -2.92. The van der Waals surface area contributed by atoms with E-state index in [0.717, 1.165) is 10.3 Å². The van der Waals surface area contributed by atoms with Crippen LogP contribution >= 0.6 is 11.3 Å². The lowest BCUT2D eigenvalue weighted by Gasteiger charge is -2.17. The SMILES string of the molecule is Cc1c(C(=O)NC(c2ccccc2)c2ccco2)sc2cccc(F)c12. The van der Waals surface area contributed by atoms with Crippen molar-refractivity contribution in [3.8, 4) is 0 Å². The molecular formula is C21H16FNO2S. The Morgan fingerprint density at radius 2 is 1.88 bits per heavy atom. The van der Waals surface area contributed by atoms with Crippen LogP contribution in [0.4, 0.5) is 4.39 Å². The Morgan fingerprint density at radius 1 is 1.08 bits per heavy atom. The fraction of sp³-hybridized carbons (Fsp3) is 0.0952. The van der Waals surface area contributed by atoms with Gasteiger partial charge in [-0.3, -0.25) is 4.79 Å². The number of carbonyl (C=O) groups excluding carboxylic acids is 1. The van der Waals surface area contributed by atoms with Crippen molar-refractivity contribution in [2.24, 2.45) is 0 Å². The fourth-order valence-corrected chi connectivity index (χ4v) is 4.21. The van der Waals surface area contributed by atoms with E-state index >= 15 is 0 Å². The van der Waals surface area contributed by atoms with Gasteiger partial charge in [0.15, 0.2) is 0 Å². The Kier molecular flexibility index (Phi) is 4.31. The van der Waals surface area contributed by atoms with E-state index < -0.39 is 6.04 Å². The second-order valence-electron chi connectivity index (χ2n) is 6.00. The maximum Gasteiger partial charge on any atom is 0.262 e. The van der Waals surface area contributed by atoms with Crippen LogP contribution in [0.5, 0.6) is 0 Å². The molecule has 0 aliphatic heterocycles. The topological polar surface area (TPSA) is 42.2 Å². The van der Waals surface area contributed by atoms with Crippen LogP contribution in [0.1, 0.15) is 32.6 Å². The molecule has 2 aromatic carbocycles. The predicted octanol–water partition coefficient (Wildman–Crippen LogP) is 5.46. The Morgan fingerprint density at radius 3 is 2.58 bits per heavy atom. The van der Waals surface area contributed by atoms with Gasteiger partial charge < -0.3 is 9.73 Å². The van der Waals surface area contributed by atoms with E-state index in [9.17, 15) is 9.18 Å². The normalized spacial score (nSPS) is 12.2. The number of aryl methyl sites for hydroxylation is 1. The van der Waals surface area contributed by atoms with Crippen LogP contribution in [0, 0.1) is 12.7 Å². The van der Waals surface area contributed by atoms with Gasteiger partial charge in [-0.05, 0) is 42.3 Å². The Bertz CT molecular complexity index is 1050. The number of nitrogens with one attached hydrogen (secondary N) is 1. The molecule has 0 aliphatic rings. The second kappa shape index (κ2) is 6.77. The van der Waals surface area contributed by atoms with Crippen LogP contribution in [0.2, 0.25) is 0 Å². The zero-order valence-corrected chi connectivity index (χ0v) is 14.8. The summed E-state index contributed by atoms with van der Waals surface area (Å²) in [5, 5.41) is 3.54. The Labute approximate surface area is 154 Å². The van der Waals surface area contributed by atoms with Crippen LogP contribution < -0.4 is 5.32 Å². The number of hydrogen-bond donors (Lipinski definition) is 1. The first-order chi connectivity index (χ1) is 12.6. The van der Waals surface area contributed by atoms with Gasteiger partial charge in [-0.25, -0.2) is 4.39 Å². The molecule has 1 unspecified atom stereocenters. The van der Waals surface area contributed by atoms with Gasteiger partial charge in [0, 0.05) is 10.1 Å². The monoisotopic (exact) mass is 365 g/mol. The summed E-state index contributed by atoms with van der Waals surface area (Å²) in [6.45, 7) is 1.78. The van der Waals surface area contributed by atoms with Crippen LogP contribution in [-0.4, -0.2) is 5.91 Å². The number of furan rings is 1. The van der Waals surface area contributed by atoms with Gasteiger partial charge in [-0.1, -0.05) is 36.4 Å². The summed E-state index contributed by atoms with van der Waals surface area (Å²) in [5.41, 5.74) is 1.58. The number of fused-ring (bicyclic) bond motifs is 1. The van der Waals surface area contributed by atoms with E-state index in [2.05, 4.69) is 5.32 Å². The molecule has 0 aliphatic carbocycles. The van der Waals surface area contributed by atoms with Crippen LogP contribution in [0.15, 0.2) is 71.3 Å². The molecule has 130 valence electrons. The molecule has 0 bridgehead atoms. The highest BCUT2D eigenvalue weighted by molar-refractivity contribution is 7.21. The fourth-order valence-electron chi connectivity index (χ4n) is 3.09. The maximum atomic E-state index is 14.1. The lowest BCUT2D eigenvalue weighted by molar-refractivity contribution is 0.0942. The van der Waals surface area contributed by atoms with Gasteiger partial charge in [0.25, 0.3) is 5.91 Å². The average molecular weight is 365 g/mol. The lowest BCUT2D eigenvalue weighted by Crippen LogP contribution is -2.28. The van der Waals surface area contributed by atoms with Gasteiger partial charge >= 0.3 is 0 Å². The van der Waals surface area contributed by atoms with E-state index in [4.69, 9.17) is 4.42 Å². The molecule has 2 heterocycles. The number of benzene rings is 2. The molecule has 2 aromatic heterocycles. The lowest BCUT2D eigenvalue weighted by atomic mass is 10.0. The van der Waals surface area contributed by atoms with Crippen LogP contribution in [0.25, 0.3) is 10.1 Å². The van der Waals surface area contributed by atoms with Gasteiger partial charge in [0.2, 0.25) is 0 Å². The average Bonchev–Trinajstić information content (AvgIpc) is 3.29. The van der Waals surface area contributed by atoms with Crippen molar-refractivity contribution in [1.82, 2.24) is 5.32 Å². The maximum absolute atomic E-state index is 14.1. The van der Waals surface area contributed by atoms with Gasteiger partial charge in [-0.15, -0.1) is 11.3 Å². The van der Waals surface area contributed by atoms with Gasteiger partial charge in [0.05, 0.1) is 11.1 Å². The number of thiophene rings is 1. The zero-order chi connectivity index (χ0) is 18.1. The third kappa shape index (κ3) is 2.91. The molecule has 0 fully saturated rings. The zero-order valence-electron chi connectivity index (χ0n) is 14.0. The van der Waals surface area contributed by atoms with Crippen molar-refractivity contribution in [2.75, 3.05) is 0 Å². The molecule has 26 heavy (non-hydrogen) atoms. The first-order valence-corrected chi connectivity index (χ1v) is 9.03. The number of carbonyl (C=O) groups is 1. The molecule has 0 radical (unpaired) electrons. The summed E-state index contributed by atoms with van der Waals surface area (Å²) in [6, 6.07) is 17.7. The van der Waals surface area contributed by atoms with Crippen molar-refractivity contribution in [3.05, 3.63) is 94.5 Å². The third-order valence-corrected chi connectivity index (χ3v) is 5.60. The van der Waals surface area contributed by atoms with Crippen molar-refractivity contribution in [2.45, 2.75) is 13.0 Å². The Balaban J connectivity index is 1.72. The number of hydrogen-bond acceptors (Lipinski definition) is 3. The summed E-state index contributed by atoms with van der Waals surface area (Å²) in [5.74, 6) is 0.101. The molecule has 3 nitrogen and oxygen atoms in total. The highest BCUT2D eigenvalue weighted by Gasteiger charge is 2.23. The molecule has 1 amide bonds. The summed E-state index contributed by atoms with van der Waals surface area (Å²) in [6.07, 6.45) is 1.58. The number of halogens is 1. The van der Waals surface area contributed by atoms with Crippen LogP contribution in [-0.2, 0) is 0 Å². The largest absolute Gasteiger partial charge is 0.467 e. The smallest absolute Gasteiger partial charge is 0.262 e. The van der Waals surface area contributed by atoms with Gasteiger partial charge in [0.1, 0.15) is 17.6 Å². The van der Waals surface area contributed by atoms with E-state index in [1.165, 1.54) is 17.4 Å². The first-order valence-electron chi connectivity index (χ1n) is 8.22. The van der Waals surface area contributed by atoms with E-state index in [1.54, 1.807) is 25.3 Å². The minimum Gasteiger partial charge on any atom is -0.467 e. The molecule has 1 N–H and O–H groups in total. The highest BCUT2D eigenvalue weighted by Crippen LogP contribution is 2.33. The summed E-state index contributed by atoms with van der Waals surface area (Å²) >= 11 is 1.30. The summed E-state index contributed by atoms with van der Waals surface area (Å²) in [7, 11) is 0. The van der Waals surface area contributed by atoms with Crippen molar-refractivity contribution < 1.29 is 13.6 Å². The molecule has 0 saturated heterocycles. The second-order valence-corrected chi connectivity index (χ2v) is 7.05. The first kappa shape index (κ1) is 16.5. The third-order valence-electron chi connectivity index (χ3n) is 4.35. The van der Waals surface area contributed by atoms with Crippen molar-refractivity contribution in [3.63, 3.8) is 0 Å². The number of rotatable bonds is 4. The molecule has 5 heteroatoms. The minimum absolute atomic E-state index is 0.242. The van der Waals surface area contributed by atoms with Crippen molar-refractivity contribution in [1.29, 1.82) is 0 Å². The minimum atomic E-state index is -0.409. The highest BCUT2D eigenvalue weighted by atomic mass is 32.1. The van der Waals surface area contributed by atoms with Gasteiger partial charge in [-0.2, -0.15) is 0 Å². The molecule has 4 aromatic rings. The van der Waals surface area contributed by atoms with Crippen LogP contribution in [0.3, 0.4) is 0 Å². The predicted molar refractivity (Wildman–Crippen MR) is 101 cm³/mol. The summed E-state index contributed by atoms with van der Waals surface area (Å²) in [4.78, 5) is 13.5. The molecule has 4 rings (SSSR count). The van der Waals surface area contributed by atoms with Crippen molar-refractivity contribution >= 4 is 27.3 Å². The van der Waals surface area contributed by atoms with E-state index in [0.29, 0.717) is 21.6 Å². The molecule has 1 atom stereocenters.